The zero-order chi connectivity index (χ0) is 21.1. The second-order valence-corrected chi connectivity index (χ2v) is 14.0. The van der Waals surface area contributed by atoms with Crippen LogP contribution >= 0.6 is 0 Å². The molecule has 2 rings (SSSR count). The first-order valence-electron chi connectivity index (χ1n) is 9.89. The van der Waals surface area contributed by atoms with Crippen molar-refractivity contribution in [2.75, 3.05) is 7.11 Å². The number of hydrogen-bond acceptors (Lipinski definition) is 3. The van der Waals surface area contributed by atoms with Crippen molar-refractivity contribution in [3.05, 3.63) is 35.4 Å². The number of ketones is 1. The van der Waals surface area contributed by atoms with Gasteiger partial charge >= 0.3 is 5.97 Å². The summed E-state index contributed by atoms with van der Waals surface area (Å²) in [6.07, 6.45) is 0.241. The van der Waals surface area contributed by atoms with Gasteiger partial charge in [0, 0.05) is 12.0 Å². The molecule has 1 aliphatic rings. The van der Waals surface area contributed by atoms with Crippen LogP contribution in [-0.4, -0.2) is 26.9 Å². The van der Waals surface area contributed by atoms with Gasteiger partial charge in [-0.05, 0) is 34.0 Å². The van der Waals surface area contributed by atoms with E-state index in [4.69, 9.17) is 4.74 Å². The fraction of sp³-hybridized carbons (Fsp3) is 0.500. The van der Waals surface area contributed by atoms with E-state index in [-0.39, 0.29) is 12.2 Å². The number of fused-ring (bicyclic) bond motifs is 1. The lowest BCUT2D eigenvalue weighted by Crippen LogP contribution is -2.43. The Bertz CT molecular complexity index is 868. The Morgan fingerprint density at radius 3 is 2.11 bits per heavy atom. The summed E-state index contributed by atoms with van der Waals surface area (Å²) in [6, 6.07) is 7.26. The van der Waals surface area contributed by atoms with Crippen molar-refractivity contribution < 1.29 is 14.3 Å². The van der Waals surface area contributed by atoms with Crippen LogP contribution in [0.15, 0.2) is 24.3 Å². The number of Topliss-reactive ketones (excluding diaryl/α,β-unsaturated/α-hetero) is 1. The minimum Gasteiger partial charge on any atom is -0.468 e. The van der Waals surface area contributed by atoms with E-state index in [1.165, 1.54) is 7.11 Å². The van der Waals surface area contributed by atoms with Crippen molar-refractivity contribution in [3.8, 4) is 23.3 Å². The first kappa shape index (κ1) is 22.0. The maximum atomic E-state index is 13.0. The molecule has 1 unspecified atom stereocenters. The molecule has 4 heteroatoms. The van der Waals surface area contributed by atoms with E-state index in [9.17, 15) is 9.59 Å². The van der Waals surface area contributed by atoms with Crippen LogP contribution in [0, 0.1) is 28.7 Å². The molecule has 148 valence electrons. The van der Waals surface area contributed by atoms with Crippen molar-refractivity contribution in [1.82, 2.24) is 0 Å². The highest BCUT2D eigenvalue weighted by molar-refractivity contribution is 6.90. The second kappa shape index (κ2) is 8.37. The maximum Gasteiger partial charge on any atom is 0.332 e. The fourth-order valence-corrected chi connectivity index (χ4v) is 9.84. The molecule has 0 radical (unpaired) electrons. The first-order chi connectivity index (χ1) is 13.1. The van der Waals surface area contributed by atoms with Crippen molar-refractivity contribution in [3.63, 3.8) is 0 Å². The molecule has 0 fully saturated rings. The lowest BCUT2D eigenvalue weighted by Gasteiger charge is -2.37. The molecule has 1 aliphatic carbocycles. The van der Waals surface area contributed by atoms with Gasteiger partial charge in [0.15, 0.2) is 11.2 Å². The van der Waals surface area contributed by atoms with Gasteiger partial charge in [-0.25, -0.2) is 4.79 Å². The predicted molar refractivity (Wildman–Crippen MR) is 116 cm³/mol. The van der Waals surface area contributed by atoms with E-state index in [0.29, 0.717) is 22.2 Å². The van der Waals surface area contributed by atoms with E-state index < -0.39 is 19.5 Å². The number of esters is 1. The Kier molecular flexibility index (Phi) is 6.58. The second-order valence-electron chi connectivity index (χ2n) is 8.46. The van der Waals surface area contributed by atoms with Crippen LogP contribution in [0.4, 0.5) is 0 Å². The fourth-order valence-electron chi connectivity index (χ4n) is 4.69. The standard InChI is InChI=1S/C24H30O3Si/c1-17(2)28(18(3)4,19(5)6)15-11-10-14-24(23(26)27-7)16-20-12-8-9-13-21(20)22(24)25/h8-9,12-13,17-19H,16H2,1-7H3. The van der Waals surface area contributed by atoms with Gasteiger partial charge in [0.2, 0.25) is 0 Å². The quantitative estimate of drug-likeness (QED) is 0.319. The minimum absolute atomic E-state index is 0.241. The van der Waals surface area contributed by atoms with Gasteiger partial charge in [-0.1, -0.05) is 71.7 Å². The highest BCUT2D eigenvalue weighted by Gasteiger charge is 2.51. The van der Waals surface area contributed by atoms with Gasteiger partial charge in [-0.2, -0.15) is 0 Å². The molecule has 1 atom stereocenters. The average molecular weight is 395 g/mol. The Morgan fingerprint density at radius 2 is 1.61 bits per heavy atom. The Morgan fingerprint density at radius 1 is 1.04 bits per heavy atom. The van der Waals surface area contributed by atoms with Crippen molar-refractivity contribution in [2.45, 2.75) is 64.6 Å². The molecular formula is C24H30O3Si. The van der Waals surface area contributed by atoms with Crippen LogP contribution in [0.25, 0.3) is 0 Å². The summed E-state index contributed by atoms with van der Waals surface area (Å²) in [7, 11) is -0.616. The summed E-state index contributed by atoms with van der Waals surface area (Å²) in [5.74, 6) is 7.92. The van der Waals surface area contributed by atoms with Gasteiger partial charge in [-0.3, -0.25) is 4.79 Å². The van der Waals surface area contributed by atoms with Gasteiger partial charge in [0.25, 0.3) is 0 Å². The van der Waals surface area contributed by atoms with E-state index in [1.54, 1.807) is 12.1 Å². The number of benzene rings is 1. The molecule has 3 nitrogen and oxygen atoms in total. The Labute approximate surface area is 170 Å². The molecule has 0 aliphatic heterocycles. The van der Waals surface area contributed by atoms with Crippen molar-refractivity contribution in [2.24, 2.45) is 5.41 Å². The highest BCUT2D eigenvalue weighted by atomic mass is 28.3. The summed E-state index contributed by atoms with van der Waals surface area (Å²) >= 11 is 0. The van der Waals surface area contributed by atoms with Gasteiger partial charge in [0.05, 0.1) is 7.11 Å². The molecular weight excluding hydrogens is 364 g/mol. The molecule has 0 spiro atoms. The first-order valence-corrected chi connectivity index (χ1v) is 12.1. The van der Waals surface area contributed by atoms with Gasteiger partial charge in [-0.15, -0.1) is 5.54 Å². The number of rotatable bonds is 4. The Balaban J connectivity index is 2.50. The molecule has 0 heterocycles. The lowest BCUT2D eigenvalue weighted by atomic mass is 9.84. The summed E-state index contributed by atoms with van der Waals surface area (Å²) in [5, 5.41) is 0. The number of carbonyl (C=O) groups is 2. The average Bonchev–Trinajstić information content (AvgIpc) is 2.93. The van der Waals surface area contributed by atoms with E-state index >= 15 is 0 Å². The molecule has 0 saturated carbocycles. The van der Waals surface area contributed by atoms with Crippen LogP contribution in [0.5, 0.6) is 0 Å². The summed E-state index contributed by atoms with van der Waals surface area (Å²) in [4.78, 5) is 25.5. The summed E-state index contributed by atoms with van der Waals surface area (Å²) in [6.45, 7) is 13.4. The number of ether oxygens (including phenoxy) is 1. The number of hydrogen-bond donors (Lipinski definition) is 0. The number of carbonyl (C=O) groups excluding carboxylic acids is 2. The van der Waals surface area contributed by atoms with E-state index in [2.05, 4.69) is 64.8 Å². The monoisotopic (exact) mass is 394 g/mol. The molecule has 28 heavy (non-hydrogen) atoms. The van der Waals surface area contributed by atoms with E-state index in [1.807, 2.05) is 12.1 Å². The predicted octanol–water partition coefficient (Wildman–Crippen LogP) is 4.81. The van der Waals surface area contributed by atoms with Crippen LogP contribution in [0.2, 0.25) is 16.6 Å². The smallest absolute Gasteiger partial charge is 0.332 e. The van der Waals surface area contributed by atoms with E-state index in [0.717, 1.165) is 5.56 Å². The largest absolute Gasteiger partial charge is 0.468 e. The molecule has 0 N–H and O–H groups in total. The lowest BCUT2D eigenvalue weighted by molar-refractivity contribution is -0.146. The van der Waals surface area contributed by atoms with Gasteiger partial charge in [0.1, 0.15) is 8.07 Å². The maximum absolute atomic E-state index is 13.0. The molecule has 1 aromatic carbocycles. The normalized spacial score (nSPS) is 18.4. The van der Waals surface area contributed by atoms with Crippen LogP contribution < -0.4 is 0 Å². The molecule has 0 saturated heterocycles. The molecule has 0 amide bonds. The highest BCUT2D eigenvalue weighted by Crippen LogP contribution is 2.41. The third-order valence-electron chi connectivity index (χ3n) is 6.12. The molecule has 0 bridgehead atoms. The molecule has 1 aromatic rings. The van der Waals surface area contributed by atoms with Crippen LogP contribution in [-0.2, 0) is 16.0 Å². The molecule has 0 aromatic heterocycles. The summed E-state index contributed by atoms with van der Waals surface area (Å²) in [5.41, 5.74) is 4.89. The van der Waals surface area contributed by atoms with Crippen LogP contribution in [0.1, 0.15) is 57.5 Å². The Hall–Kier alpha value is -2.30. The van der Waals surface area contributed by atoms with Crippen molar-refractivity contribution in [1.29, 1.82) is 0 Å². The zero-order valence-electron chi connectivity index (χ0n) is 18.0. The number of methoxy groups -OCH3 is 1. The summed E-state index contributed by atoms with van der Waals surface area (Å²) < 4.78 is 4.95. The minimum atomic E-state index is -1.91. The third-order valence-corrected chi connectivity index (χ3v) is 12.4. The SMILES string of the molecule is COC(=O)C1(C#CC#C[Si](C(C)C)(C(C)C)C(C)C)Cc2ccccc2C1=O. The van der Waals surface area contributed by atoms with Crippen molar-refractivity contribution >= 4 is 19.8 Å². The van der Waals surface area contributed by atoms with Gasteiger partial charge < -0.3 is 4.74 Å². The zero-order valence-corrected chi connectivity index (χ0v) is 19.0. The third kappa shape index (κ3) is 3.54. The van der Waals surface area contributed by atoms with Crippen LogP contribution in [0.3, 0.4) is 0 Å². The topological polar surface area (TPSA) is 43.4 Å².